The number of nitrogens with one attached hydrogen (secondary N) is 1. The van der Waals surface area contributed by atoms with Gasteiger partial charge in [0, 0.05) is 7.05 Å². The first kappa shape index (κ1) is 14.8. The van der Waals surface area contributed by atoms with Gasteiger partial charge < -0.3 is 5.11 Å². The van der Waals surface area contributed by atoms with Crippen molar-refractivity contribution in [1.82, 2.24) is 5.43 Å². The average Bonchev–Trinajstić information content (AvgIpc) is 2.66. The van der Waals surface area contributed by atoms with Gasteiger partial charge in [0.2, 0.25) is 0 Å². The molecule has 1 aromatic carbocycles. The third-order valence-corrected chi connectivity index (χ3v) is 2.54. The minimum Gasteiger partial charge on any atom is -0.877 e. The van der Waals surface area contributed by atoms with E-state index < -0.39 is 0 Å². The van der Waals surface area contributed by atoms with Crippen molar-refractivity contribution in [3.05, 3.63) is 41.7 Å². The van der Waals surface area contributed by atoms with Crippen LogP contribution in [0.4, 0.5) is 5.69 Å². The van der Waals surface area contributed by atoms with E-state index in [2.05, 4.69) is 10.4 Å². The second-order valence-electron chi connectivity index (χ2n) is 3.69. The maximum Gasteiger partial charge on any atom is 1.00 e. The van der Waals surface area contributed by atoms with E-state index in [0.29, 0.717) is 17.8 Å². The Labute approximate surface area is 127 Å². The van der Waals surface area contributed by atoms with E-state index in [9.17, 15) is 9.90 Å². The topological polar surface area (TPSA) is 67.8 Å². The quantitative estimate of drug-likeness (QED) is 0.332. The summed E-state index contributed by atoms with van der Waals surface area (Å²) in [7, 11) is 1.53. The molecule has 0 aliphatic carbocycles. The van der Waals surface area contributed by atoms with Crippen LogP contribution < -0.4 is 45.1 Å². The van der Waals surface area contributed by atoms with Crippen LogP contribution in [0.25, 0.3) is 0 Å². The number of amidine groups is 1. The molecular weight excluding hydrogens is 241 g/mol. The number of aliphatic imine (C=N–C) groups is 1. The number of carbonyl (C=O) groups is 1. The van der Waals surface area contributed by atoms with Crippen molar-refractivity contribution in [2.24, 2.45) is 4.99 Å². The summed E-state index contributed by atoms with van der Waals surface area (Å²) < 4.78 is 0. The predicted octanol–water partition coefficient (Wildman–Crippen LogP) is -2.88. The maximum atomic E-state index is 11.9. The molecule has 0 saturated carbocycles. The Balaban J connectivity index is 0.00000162. The molecule has 18 heavy (non-hydrogen) atoms. The first-order valence-electron chi connectivity index (χ1n) is 5.14. The molecule has 2 rings (SSSR count). The van der Waals surface area contributed by atoms with Crippen LogP contribution in [0, 0.1) is 6.92 Å². The number of hydrogen-bond donors (Lipinski definition) is 1. The molecule has 1 N–H and O–H groups in total. The molecule has 0 atom stereocenters. The largest absolute Gasteiger partial charge is 1.00 e. The Kier molecular flexibility index (Phi) is 4.95. The molecule has 1 amide bonds. The number of carbonyl (C=O) groups excluding carboxylic acids is 1. The van der Waals surface area contributed by atoms with Gasteiger partial charge in [0.1, 0.15) is 0 Å². The van der Waals surface area contributed by atoms with E-state index in [1.165, 1.54) is 12.1 Å². The van der Waals surface area contributed by atoms with Gasteiger partial charge in [-0.25, -0.2) is 5.01 Å². The second kappa shape index (κ2) is 6.04. The molecule has 88 valence electrons. The Morgan fingerprint density at radius 2 is 1.94 bits per heavy atom. The van der Waals surface area contributed by atoms with Crippen LogP contribution in [0.5, 0.6) is 0 Å². The fourth-order valence-corrected chi connectivity index (χ4v) is 1.59. The molecule has 1 fully saturated rings. The number of anilines is 1. The Hall–Kier alpha value is -1.30. The van der Waals surface area contributed by atoms with Crippen LogP contribution in [0.2, 0.25) is 0 Å². The van der Waals surface area contributed by atoms with Crippen LogP contribution in [0.1, 0.15) is 5.56 Å². The number of hydrazine groups is 1. The van der Waals surface area contributed by atoms with Gasteiger partial charge in [-0.2, -0.15) is 0 Å². The summed E-state index contributed by atoms with van der Waals surface area (Å²) in [6, 6.07) is 7.40. The molecule has 1 saturated heterocycles. The SMILES string of the molecule is CN=C1NN(c2ccc(C)cc2)C(=O)/C1=C\[O-].[Na+]. The normalized spacial score (nSPS) is 19.0. The van der Waals surface area contributed by atoms with Crippen molar-refractivity contribution in [2.75, 3.05) is 12.1 Å². The third-order valence-electron chi connectivity index (χ3n) is 2.54. The molecular formula is C12H12N3NaO2. The van der Waals surface area contributed by atoms with Gasteiger partial charge in [0.05, 0.1) is 11.3 Å². The fraction of sp³-hybridized carbons (Fsp3) is 0.167. The van der Waals surface area contributed by atoms with Crippen molar-refractivity contribution < 1.29 is 39.5 Å². The van der Waals surface area contributed by atoms with Gasteiger partial charge in [0.15, 0.2) is 5.84 Å². The van der Waals surface area contributed by atoms with Gasteiger partial charge in [-0.1, -0.05) is 17.7 Å². The Bertz CT molecular complexity index is 509. The van der Waals surface area contributed by atoms with E-state index in [4.69, 9.17) is 0 Å². The van der Waals surface area contributed by atoms with E-state index in [1.807, 2.05) is 19.1 Å². The number of benzene rings is 1. The third kappa shape index (κ3) is 2.58. The molecule has 1 aliphatic rings. The Morgan fingerprint density at radius 1 is 1.33 bits per heavy atom. The summed E-state index contributed by atoms with van der Waals surface area (Å²) in [5.74, 6) is -0.0879. The van der Waals surface area contributed by atoms with Crippen LogP contribution in [-0.2, 0) is 4.79 Å². The second-order valence-corrected chi connectivity index (χ2v) is 3.69. The zero-order valence-corrected chi connectivity index (χ0v) is 12.6. The summed E-state index contributed by atoms with van der Waals surface area (Å²) in [6.07, 6.45) is 0.520. The zero-order chi connectivity index (χ0) is 12.4. The number of amides is 1. The van der Waals surface area contributed by atoms with E-state index >= 15 is 0 Å². The van der Waals surface area contributed by atoms with E-state index in [0.717, 1.165) is 5.56 Å². The summed E-state index contributed by atoms with van der Waals surface area (Å²) in [6.45, 7) is 1.96. The smallest absolute Gasteiger partial charge is 0.877 e. The summed E-state index contributed by atoms with van der Waals surface area (Å²) in [5, 5.41) is 12.1. The van der Waals surface area contributed by atoms with Gasteiger partial charge in [-0.3, -0.25) is 15.2 Å². The standard InChI is InChI=1S/C12H13N3O2.Na/c1-8-3-5-9(6-4-8)15-12(17)10(7-16)11(13-2)14-15;/h3-7,16H,1-2H3,(H,13,14);/q;+1/p-1/b10-7-;. The van der Waals surface area contributed by atoms with Crippen molar-refractivity contribution in [3.63, 3.8) is 0 Å². The predicted molar refractivity (Wildman–Crippen MR) is 63.2 cm³/mol. The molecule has 0 bridgehead atoms. The van der Waals surface area contributed by atoms with Crippen LogP contribution in [0.3, 0.4) is 0 Å². The van der Waals surface area contributed by atoms with Crippen molar-refractivity contribution >= 4 is 17.4 Å². The maximum absolute atomic E-state index is 11.9. The van der Waals surface area contributed by atoms with Crippen molar-refractivity contribution in [2.45, 2.75) is 6.92 Å². The van der Waals surface area contributed by atoms with Crippen molar-refractivity contribution in [1.29, 1.82) is 0 Å². The molecule has 0 spiro atoms. The number of nitrogens with zero attached hydrogens (tertiary/aromatic N) is 2. The fourth-order valence-electron chi connectivity index (χ4n) is 1.59. The molecule has 1 aromatic rings. The number of aryl methyl sites for hydroxylation is 1. The molecule has 0 unspecified atom stereocenters. The van der Waals surface area contributed by atoms with Gasteiger partial charge in [0.25, 0.3) is 5.91 Å². The van der Waals surface area contributed by atoms with E-state index in [-0.39, 0.29) is 41.0 Å². The summed E-state index contributed by atoms with van der Waals surface area (Å²) in [4.78, 5) is 15.8. The number of hydrogen-bond acceptors (Lipinski definition) is 3. The average molecular weight is 253 g/mol. The van der Waals surface area contributed by atoms with Gasteiger partial charge in [-0.15, -0.1) is 6.26 Å². The van der Waals surface area contributed by atoms with Crippen LogP contribution in [-0.4, -0.2) is 18.8 Å². The van der Waals surface area contributed by atoms with Gasteiger partial charge >= 0.3 is 29.6 Å². The minimum atomic E-state index is -0.385. The monoisotopic (exact) mass is 253 g/mol. The van der Waals surface area contributed by atoms with Gasteiger partial charge in [-0.05, 0) is 19.1 Å². The molecule has 0 radical (unpaired) electrons. The van der Waals surface area contributed by atoms with Crippen LogP contribution in [0.15, 0.2) is 41.1 Å². The zero-order valence-electron chi connectivity index (χ0n) is 10.6. The van der Waals surface area contributed by atoms with Crippen molar-refractivity contribution in [3.8, 4) is 0 Å². The summed E-state index contributed by atoms with van der Waals surface area (Å²) >= 11 is 0. The first-order valence-corrected chi connectivity index (χ1v) is 5.14. The molecule has 5 nitrogen and oxygen atoms in total. The molecule has 6 heteroatoms. The summed E-state index contributed by atoms with van der Waals surface area (Å²) in [5.41, 5.74) is 4.62. The minimum absolute atomic E-state index is 0. The molecule has 1 aliphatic heterocycles. The number of rotatable bonds is 1. The van der Waals surface area contributed by atoms with Crippen LogP contribution >= 0.6 is 0 Å². The molecule has 1 heterocycles. The Morgan fingerprint density at radius 3 is 2.39 bits per heavy atom. The van der Waals surface area contributed by atoms with E-state index in [1.54, 1.807) is 12.1 Å². The molecule has 0 aromatic heterocycles. The first-order chi connectivity index (χ1) is 8.17.